The SMILES string of the molecule is O=C1CCc2cc(F)c(NC3CCCOC3)cc2N1. The fourth-order valence-corrected chi connectivity index (χ4v) is 2.58. The summed E-state index contributed by atoms with van der Waals surface area (Å²) in [5.41, 5.74) is 2.02. The molecule has 19 heavy (non-hydrogen) atoms. The van der Waals surface area contributed by atoms with Crippen LogP contribution in [0.4, 0.5) is 15.8 Å². The quantitative estimate of drug-likeness (QED) is 0.861. The van der Waals surface area contributed by atoms with Gasteiger partial charge in [-0.3, -0.25) is 4.79 Å². The Morgan fingerprint density at radius 3 is 3.05 bits per heavy atom. The number of benzene rings is 1. The van der Waals surface area contributed by atoms with E-state index in [9.17, 15) is 9.18 Å². The molecule has 0 bridgehead atoms. The zero-order valence-corrected chi connectivity index (χ0v) is 10.7. The second kappa shape index (κ2) is 5.17. The second-order valence-electron chi connectivity index (χ2n) is 5.10. The molecule has 0 aliphatic carbocycles. The van der Waals surface area contributed by atoms with E-state index in [1.165, 1.54) is 6.07 Å². The first kappa shape index (κ1) is 12.4. The van der Waals surface area contributed by atoms with E-state index in [4.69, 9.17) is 4.74 Å². The van der Waals surface area contributed by atoms with Crippen LogP contribution in [0, 0.1) is 5.82 Å². The molecule has 1 aromatic carbocycles. The highest BCUT2D eigenvalue weighted by atomic mass is 19.1. The third-order valence-electron chi connectivity index (χ3n) is 3.61. The summed E-state index contributed by atoms with van der Waals surface area (Å²) >= 11 is 0. The van der Waals surface area contributed by atoms with Crippen LogP contribution in [0.3, 0.4) is 0 Å². The van der Waals surface area contributed by atoms with Crippen molar-refractivity contribution < 1.29 is 13.9 Å². The molecule has 2 heterocycles. The van der Waals surface area contributed by atoms with Crippen molar-refractivity contribution in [2.24, 2.45) is 0 Å². The molecule has 4 nitrogen and oxygen atoms in total. The lowest BCUT2D eigenvalue weighted by molar-refractivity contribution is -0.116. The minimum absolute atomic E-state index is 0.00828. The van der Waals surface area contributed by atoms with Crippen LogP contribution in [-0.2, 0) is 16.0 Å². The number of anilines is 2. The van der Waals surface area contributed by atoms with E-state index in [0.29, 0.717) is 25.1 Å². The first-order valence-corrected chi connectivity index (χ1v) is 6.69. The van der Waals surface area contributed by atoms with Gasteiger partial charge in [-0.2, -0.15) is 0 Å². The molecule has 1 fully saturated rings. The van der Waals surface area contributed by atoms with Crippen LogP contribution >= 0.6 is 0 Å². The maximum Gasteiger partial charge on any atom is 0.224 e. The number of carbonyl (C=O) groups is 1. The smallest absolute Gasteiger partial charge is 0.224 e. The summed E-state index contributed by atoms with van der Waals surface area (Å²) < 4.78 is 19.4. The molecule has 0 saturated carbocycles. The molecule has 102 valence electrons. The van der Waals surface area contributed by atoms with Crippen molar-refractivity contribution >= 4 is 17.3 Å². The van der Waals surface area contributed by atoms with E-state index in [1.54, 1.807) is 6.07 Å². The highest BCUT2D eigenvalue weighted by Gasteiger charge is 2.20. The van der Waals surface area contributed by atoms with Crippen LogP contribution < -0.4 is 10.6 Å². The van der Waals surface area contributed by atoms with Gasteiger partial charge in [0, 0.05) is 24.8 Å². The number of halogens is 1. The highest BCUT2D eigenvalue weighted by molar-refractivity contribution is 5.94. The molecule has 1 saturated heterocycles. The largest absolute Gasteiger partial charge is 0.379 e. The summed E-state index contributed by atoms with van der Waals surface area (Å²) in [7, 11) is 0. The van der Waals surface area contributed by atoms with Gasteiger partial charge in [0.1, 0.15) is 5.82 Å². The Kier molecular flexibility index (Phi) is 3.38. The lowest BCUT2D eigenvalue weighted by atomic mass is 10.0. The minimum atomic E-state index is -0.263. The van der Waals surface area contributed by atoms with Gasteiger partial charge in [-0.05, 0) is 37.0 Å². The van der Waals surface area contributed by atoms with Crippen molar-refractivity contribution in [3.05, 3.63) is 23.5 Å². The maximum absolute atomic E-state index is 14.0. The molecule has 5 heteroatoms. The molecule has 3 rings (SSSR count). The first-order valence-electron chi connectivity index (χ1n) is 6.69. The zero-order chi connectivity index (χ0) is 13.2. The van der Waals surface area contributed by atoms with E-state index in [2.05, 4.69) is 10.6 Å². The zero-order valence-electron chi connectivity index (χ0n) is 10.7. The molecule has 1 aromatic rings. The van der Waals surface area contributed by atoms with Gasteiger partial charge in [0.15, 0.2) is 0 Å². The van der Waals surface area contributed by atoms with Crippen LogP contribution in [0.1, 0.15) is 24.8 Å². The predicted molar refractivity (Wildman–Crippen MR) is 70.8 cm³/mol. The van der Waals surface area contributed by atoms with Crippen molar-refractivity contribution in [2.45, 2.75) is 31.7 Å². The van der Waals surface area contributed by atoms with Crippen LogP contribution in [0.15, 0.2) is 12.1 Å². The molecular weight excluding hydrogens is 247 g/mol. The van der Waals surface area contributed by atoms with E-state index >= 15 is 0 Å². The number of hydrogen-bond donors (Lipinski definition) is 2. The Morgan fingerprint density at radius 2 is 2.26 bits per heavy atom. The van der Waals surface area contributed by atoms with Gasteiger partial charge in [-0.1, -0.05) is 0 Å². The summed E-state index contributed by atoms with van der Waals surface area (Å²) in [5, 5.41) is 5.95. The van der Waals surface area contributed by atoms with Gasteiger partial charge in [0.25, 0.3) is 0 Å². The molecule has 0 aromatic heterocycles. The maximum atomic E-state index is 14.0. The molecule has 2 aliphatic rings. The van der Waals surface area contributed by atoms with Crippen molar-refractivity contribution in [3.63, 3.8) is 0 Å². The van der Waals surface area contributed by atoms with E-state index < -0.39 is 0 Å². The highest BCUT2D eigenvalue weighted by Crippen LogP contribution is 2.29. The number of ether oxygens (including phenoxy) is 1. The predicted octanol–water partition coefficient (Wildman–Crippen LogP) is 2.30. The summed E-state index contributed by atoms with van der Waals surface area (Å²) in [6.45, 7) is 1.38. The van der Waals surface area contributed by atoms with Gasteiger partial charge in [0.2, 0.25) is 5.91 Å². The van der Waals surface area contributed by atoms with Gasteiger partial charge >= 0.3 is 0 Å². The summed E-state index contributed by atoms with van der Waals surface area (Å²) in [6, 6.07) is 3.34. The van der Waals surface area contributed by atoms with Crippen molar-refractivity contribution in [3.8, 4) is 0 Å². The second-order valence-corrected chi connectivity index (χ2v) is 5.10. The number of aryl methyl sites for hydroxylation is 1. The standard InChI is InChI=1S/C14H17FN2O2/c15-11-6-9-3-4-14(18)17-12(9)7-13(11)16-10-2-1-5-19-8-10/h6-7,10,16H,1-5,8H2,(H,17,18). The Labute approximate surface area is 111 Å². The van der Waals surface area contributed by atoms with E-state index in [-0.39, 0.29) is 17.8 Å². The topological polar surface area (TPSA) is 50.4 Å². The summed E-state index contributed by atoms with van der Waals surface area (Å²) in [4.78, 5) is 11.4. The van der Waals surface area contributed by atoms with Crippen molar-refractivity contribution in [1.82, 2.24) is 0 Å². The van der Waals surface area contributed by atoms with E-state index in [1.807, 2.05) is 0 Å². The summed E-state index contributed by atoms with van der Waals surface area (Å²) in [6.07, 6.45) is 2.99. The van der Waals surface area contributed by atoms with Crippen LogP contribution in [0.2, 0.25) is 0 Å². The monoisotopic (exact) mass is 264 g/mol. The van der Waals surface area contributed by atoms with Gasteiger partial charge in [0.05, 0.1) is 12.3 Å². The fraction of sp³-hybridized carbons (Fsp3) is 0.500. The fourth-order valence-electron chi connectivity index (χ4n) is 2.58. The van der Waals surface area contributed by atoms with Gasteiger partial charge < -0.3 is 15.4 Å². The third-order valence-corrected chi connectivity index (χ3v) is 3.61. The Morgan fingerprint density at radius 1 is 1.37 bits per heavy atom. The van der Waals surface area contributed by atoms with Gasteiger partial charge in [-0.25, -0.2) is 4.39 Å². The molecule has 1 unspecified atom stereocenters. The Hall–Kier alpha value is -1.62. The lowest BCUT2D eigenvalue weighted by Crippen LogP contribution is -2.30. The molecule has 2 N–H and O–H groups in total. The molecule has 2 aliphatic heterocycles. The van der Waals surface area contributed by atoms with Crippen LogP contribution in [0.25, 0.3) is 0 Å². The van der Waals surface area contributed by atoms with E-state index in [0.717, 1.165) is 30.7 Å². The Bertz CT molecular complexity index is 498. The molecule has 1 amide bonds. The number of nitrogens with one attached hydrogen (secondary N) is 2. The number of fused-ring (bicyclic) bond motifs is 1. The normalized spacial score (nSPS) is 22.6. The molecule has 1 atom stereocenters. The Balaban J connectivity index is 1.80. The van der Waals surface area contributed by atoms with Crippen LogP contribution in [0.5, 0.6) is 0 Å². The number of carbonyl (C=O) groups excluding carboxylic acids is 1. The lowest BCUT2D eigenvalue weighted by Gasteiger charge is -2.25. The molecule has 0 spiro atoms. The number of amides is 1. The number of rotatable bonds is 2. The summed E-state index contributed by atoms with van der Waals surface area (Å²) in [5.74, 6) is -0.272. The first-order chi connectivity index (χ1) is 9.22. The minimum Gasteiger partial charge on any atom is -0.379 e. The third kappa shape index (κ3) is 2.71. The molecular formula is C14H17FN2O2. The van der Waals surface area contributed by atoms with Gasteiger partial charge in [-0.15, -0.1) is 0 Å². The van der Waals surface area contributed by atoms with Crippen molar-refractivity contribution in [1.29, 1.82) is 0 Å². The van der Waals surface area contributed by atoms with Crippen LogP contribution in [-0.4, -0.2) is 25.2 Å². The average molecular weight is 264 g/mol. The number of hydrogen-bond acceptors (Lipinski definition) is 3. The average Bonchev–Trinajstić information content (AvgIpc) is 2.41. The molecule has 0 radical (unpaired) electrons. The van der Waals surface area contributed by atoms with Crippen molar-refractivity contribution in [2.75, 3.05) is 23.8 Å².